The van der Waals surface area contributed by atoms with E-state index in [-0.39, 0.29) is 0 Å². The van der Waals surface area contributed by atoms with Gasteiger partial charge in [0, 0.05) is 21.9 Å². The zero-order valence-corrected chi connectivity index (χ0v) is 11.5. The van der Waals surface area contributed by atoms with Crippen LogP contribution in [0.3, 0.4) is 0 Å². The number of fused-ring (bicyclic) bond motifs is 1. The molecular weight excluding hydrogens is 242 g/mol. The minimum Gasteiger partial charge on any atom is -0.491 e. The largest absolute Gasteiger partial charge is 0.491 e. The van der Waals surface area contributed by atoms with Crippen LogP contribution in [-0.4, -0.2) is 6.61 Å². The summed E-state index contributed by atoms with van der Waals surface area (Å²) in [6.07, 6.45) is 0. The molecule has 0 fully saturated rings. The Morgan fingerprint density at radius 2 is 2.17 bits per heavy atom. The summed E-state index contributed by atoms with van der Waals surface area (Å²) in [5, 5.41) is 3.59. The lowest BCUT2D eigenvalue weighted by Crippen LogP contribution is -2.22. The lowest BCUT2D eigenvalue weighted by atomic mass is 10.1. The third-order valence-electron chi connectivity index (χ3n) is 3.38. The van der Waals surface area contributed by atoms with E-state index < -0.39 is 0 Å². The number of thiophene rings is 1. The number of nitrogens with one attached hydrogen (secondary N) is 1. The third-order valence-corrected chi connectivity index (χ3v) is 4.39. The topological polar surface area (TPSA) is 21.3 Å². The van der Waals surface area contributed by atoms with Crippen molar-refractivity contribution in [3.63, 3.8) is 0 Å². The summed E-state index contributed by atoms with van der Waals surface area (Å²) in [5.41, 5.74) is 2.68. The Hall–Kier alpha value is -1.32. The quantitative estimate of drug-likeness (QED) is 0.909. The standard InChI is InChI=1S/C15H17NOS/c1-10-7-12(11(2)18-10)8-16-14-9-17-15-6-4-3-5-13(14)15/h3-7,14,16H,8-9H2,1-2H3. The molecule has 0 radical (unpaired) electrons. The van der Waals surface area contributed by atoms with E-state index in [0.717, 1.165) is 18.9 Å². The van der Waals surface area contributed by atoms with Crippen LogP contribution in [0.5, 0.6) is 5.75 Å². The van der Waals surface area contributed by atoms with Gasteiger partial charge in [-0.25, -0.2) is 0 Å². The molecule has 1 aliphatic heterocycles. The molecule has 0 aliphatic carbocycles. The van der Waals surface area contributed by atoms with Gasteiger partial charge in [0.25, 0.3) is 0 Å². The number of hydrogen-bond acceptors (Lipinski definition) is 3. The number of benzene rings is 1. The van der Waals surface area contributed by atoms with E-state index in [1.165, 1.54) is 20.9 Å². The van der Waals surface area contributed by atoms with E-state index in [0.29, 0.717) is 6.04 Å². The third kappa shape index (κ3) is 2.16. The predicted octanol–water partition coefficient (Wildman–Crippen LogP) is 3.59. The Morgan fingerprint density at radius 1 is 1.33 bits per heavy atom. The van der Waals surface area contributed by atoms with Crippen LogP contribution < -0.4 is 10.1 Å². The molecule has 1 aromatic heterocycles. The van der Waals surface area contributed by atoms with E-state index >= 15 is 0 Å². The number of para-hydroxylation sites is 1. The summed E-state index contributed by atoms with van der Waals surface area (Å²) in [7, 11) is 0. The van der Waals surface area contributed by atoms with E-state index in [1.54, 1.807) is 0 Å². The molecule has 0 amide bonds. The highest BCUT2D eigenvalue weighted by atomic mass is 32.1. The lowest BCUT2D eigenvalue weighted by molar-refractivity contribution is 0.310. The Labute approximate surface area is 112 Å². The zero-order valence-electron chi connectivity index (χ0n) is 10.7. The average molecular weight is 259 g/mol. The second-order valence-corrected chi connectivity index (χ2v) is 6.18. The number of ether oxygens (including phenoxy) is 1. The van der Waals surface area contributed by atoms with E-state index in [2.05, 4.69) is 37.4 Å². The van der Waals surface area contributed by atoms with Gasteiger partial charge >= 0.3 is 0 Å². The van der Waals surface area contributed by atoms with Crippen LogP contribution in [0, 0.1) is 13.8 Å². The van der Waals surface area contributed by atoms with Crippen molar-refractivity contribution in [2.24, 2.45) is 0 Å². The predicted molar refractivity (Wildman–Crippen MR) is 75.3 cm³/mol. The molecule has 0 saturated carbocycles. The molecule has 2 nitrogen and oxygen atoms in total. The maximum atomic E-state index is 5.68. The van der Waals surface area contributed by atoms with Crippen molar-refractivity contribution in [2.75, 3.05) is 6.61 Å². The van der Waals surface area contributed by atoms with Crippen molar-refractivity contribution in [2.45, 2.75) is 26.4 Å². The molecular formula is C15H17NOS. The first kappa shape index (κ1) is 11.8. The maximum absolute atomic E-state index is 5.68. The molecule has 1 aromatic carbocycles. The van der Waals surface area contributed by atoms with Crippen molar-refractivity contribution < 1.29 is 4.74 Å². The summed E-state index contributed by atoms with van der Waals surface area (Å²) in [4.78, 5) is 2.79. The van der Waals surface area contributed by atoms with Crippen molar-refractivity contribution in [3.8, 4) is 5.75 Å². The van der Waals surface area contributed by atoms with Crippen LogP contribution in [0.4, 0.5) is 0 Å². The fourth-order valence-corrected chi connectivity index (χ4v) is 3.37. The van der Waals surface area contributed by atoms with Gasteiger partial charge in [-0.3, -0.25) is 0 Å². The summed E-state index contributed by atoms with van der Waals surface area (Å²) < 4.78 is 5.68. The molecule has 3 heteroatoms. The van der Waals surface area contributed by atoms with Gasteiger partial charge in [0.15, 0.2) is 0 Å². The smallest absolute Gasteiger partial charge is 0.124 e. The highest BCUT2D eigenvalue weighted by Gasteiger charge is 2.22. The van der Waals surface area contributed by atoms with Crippen LogP contribution >= 0.6 is 11.3 Å². The SMILES string of the molecule is Cc1cc(CNC2COc3ccccc32)c(C)s1. The van der Waals surface area contributed by atoms with Gasteiger partial charge in [-0.15, -0.1) is 11.3 Å². The monoisotopic (exact) mass is 259 g/mol. The van der Waals surface area contributed by atoms with Crippen LogP contribution in [0.15, 0.2) is 30.3 Å². The summed E-state index contributed by atoms with van der Waals surface area (Å²) in [6, 6.07) is 10.9. The second-order valence-electron chi connectivity index (χ2n) is 4.72. The molecule has 0 spiro atoms. The Balaban J connectivity index is 1.70. The Kier molecular flexibility index (Phi) is 3.10. The van der Waals surface area contributed by atoms with E-state index in [1.807, 2.05) is 23.5 Å². The van der Waals surface area contributed by atoms with Crippen LogP contribution in [0.1, 0.15) is 26.9 Å². The van der Waals surface area contributed by atoms with Crippen LogP contribution in [0.25, 0.3) is 0 Å². The first-order valence-corrected chi connectivity index (χ1v) is 7.06. The van der Waals surface area contributed by atoms with Gasteiger partial charge in [0.2, 0.25) is 0 Å². The first-order valence-electron chi connectivity index (χ1n) is 6.25. The molecule has 1 unspecified atom stereocenters. The number of rotatable bonds is 3. The molecule has 1 atom stereocenters. The van der Waals surface area contributed by atoms with Gasteiger partial charge in [0.1, 0.15) is 12.4 Å². The molecule has 1 aliphatic rings. The summed E-state index contributed by atoms with van der Waals surface area (Å²) >= 11 is 1.87. The van der Waals surface area contributed by atoms with Crippen molar-refractivity contribution in [1.29, 1.82) is 0 Å². The summed E-state index contributed by atoms with van der Waals surface area (Å²) in [6.45, 7) is 6.00. The fourth-order valence-electron chi connectivity index (χ4n) is 2.42. The van der Waals surface area contributed by atoms with Crippen LogP contribution in [0.2, 0.25) is 0 Å². The molecule has 18 heavy (non-hydrogen) atoms. The molecule has 2 aromatic rings. The fraction of sp³-hybridized carbons (Fsp3) is 0.333. The van der Waals surface area contributed by atoms with Crippen LogP contribution in [-0.2, 0) is 6.54 Å². The molecule has 2 heterocycles. The van der Waals surface area contributed by atoms with Gasteiger partial charge in [-0.1, -0.05) is 18.2 Å². The van der Waals surface area contributed by atoms with Gasteiger partial charge in [-0.2, -0.15) is 0 Å². The Bertz CT molecular complexity index is 561. The normalized spacial score (nSPS) is 17.6. The van der Waals surface area contributed by atoms with Gasteiger partial charge < -0.3 is 10.1 Å². The number of hydrogen-bond donors (Lipinski definition) is 1. The molecule has 0 bridgehead atoms. The van der Waals surface area contributed by atoms with Crippen molar-refractivity contribution >= 4 is 11.3 Å². The second kappa shape index (κ2) is 4.75. The van der Waals surface area contributed by atoms with Gasteiger partial charge in [0.05, 0.1) is 6.04 Å². The minimum absolute atomic E-state index is 0.320. The summed E-state index contributed by atoms with van der Waals surface area (Å²) in [5.74, 6) is 1.02. The number of aryl methyl sites for hydroxylation is 2. The molecule has 0 saturated heterocycles. The van der Waals surface area contributed by atoms with Crippen molar-refractivity contribution in [1.82, 2.24) is 5.32 Å². The highest BCUT2D eigenvalue weighted by Crippen LogP contribution is 2.32. The average Bonchev–Trinajstić information content (AvgIpc) is 2.90. The lowest BCUT2D eigenvalue weighted by Gasteiger charge is -2.11. The van der Waals surface area contributed by atoms with Crippen molar-refractivity contribution in [3.05, 3.63) is 51.2 Å². The van der Waals surface area contributed by atoms with E-state index in [4.69, 9.17) is 4.74 Å². The maximum Gasteiger partial charge on any atom is 0.124 e. The van der Waals surface area contributed by atoms with Gasteiger partial charge in [-0.05, 0) is 31.5 Å². The first-order chi connectivity index (χ1) is 8.74. The minimum atomic E-state index is 0.320. The highest BCUT2D eigenvalue weighted by molar-refractivity contribution is 7.12. The molecule has 3 rings (SSSR count). The zero-order chi connectivity index (χ0) is 12.5. The molecule has 94 valence electrons. The Morgan fingerprint density at radius 3 is 2.94 bits per heavy atom. The van der Waals surface area contributed by atoms with E-state index in [9.17, 15) is 0 Å². The molecule has 1 N–H and O–H groups in total.